The molecule has 0 fully saturated rings. The molecule has 1 aromatic heterocycles. The van der Waals surface area contributed by atoms with Crippen LogP contribution < -0.4 is 0 Å². The minimum absolute atomic E-state index is 0.0615. The summed E-state index contributed by atoms with van der Waals surface area (Å²) in [7, 11) is 0. The van der Waals surface area contributed by atoms with Crippen LogP contribution in [0.4, 0.5) is 0 Å². The highest BCUT2D eigenvalue weighted by molar-refractivity contribution is 9.10. The maximum absolute atomic E-state index is 12.3. The number of hydrogen-bond acceptors (Lipinski definition) is 4. The van der Waals surface area contributed by atoms with Crippen LogP contribution in [0, 0.1) is 0 Å². The standard InChI is InChI=1S/C15H15BrN2OS2.C3H8/c1-4-11-5-6-14(19)18(15(11)17-10(2)20-3)9-13-12(16)7-8-21-13;1-3-2/h4-8H,2,9H2,1,3H3;3H2,1-2H3/b11-4-,17-15+;. The zero-order valence-electron chi connectivity index (χ0n) is 14.5. The largest absolute Gasteiger partial charge is 0.287 e. The molecule has 0 aromatic carbocycles. The molecule has 0 unspecified atom stereocenters. The number of aliphatic imine (C=N–C) groups is 1. The van der Waals surface area contributed by atoms with Gasteiger partial charge in [-0.05, 0) is 46.6 Å². The summed E-state index contributed by atoms with van der Waals surface area (Å²) in [6, 6.07) is 1.98. The van der Waals surface area contributed by atoms with Gasteiger partial charge >= 0.3 is 0 Å². The molecule has 2 heterocycles. The monoisotopic (exact) mass is 426 g/mol. The van der Waals surface area contributed by atoms with Gasteiger partial charge < -0.3 is 0 Å². The van der Waals surface area contributed by atoms with Gasteiger partial charge in [0.2, 0.25) is 0 Å². The molecule has 0 aliphatic carbocycles. The van der Waals surface area contributed by atoms with Gasteiger partial charge in [-0.2, -0.15) is 0 Å². The normalized spacial score (nSPS) is 17.2. The zero-order chi connectivity index (χ0) is 18.1. The molecule has 0 saturated heterocycles. The second kappa shape index (κ2) is 10.7. The lowest BCUT2D eigenvalue weighted by atomic mass is 10.1. The number of amidine groups is 1. The van der Waals surface area contributed by atoms with Crippen LogP contribution in [0.5, 0.6) is 0 Å². The molecular formula is C18H23BrN2OS2. The van der Waals surface area contributed by atoms with E-state index in [0.717, 1.165) is 14.9 Å². The van der Waals surface area contributed by atoms with Crippen molar-refractivity contribution >= 4 is 50.8 Å². The highest BCUT2D eigenvalue weighted by Gasteiger charge is 2.25. The lowest BCUT2D eigenvalue weighted by molar-refractivity contribution is -0.122. The van der Waals surface area contributed by atoms with E-state index in [9.17, 15) is 4.79 Å². The molecule has 2 rings (SSSR count). The molecule has 0 radical (unpaired) electrons. The minimum atomic E-state index is -0.0615. The van der Waals surface area contributed by atoms with Crippen molar-refractivity contribution in [1.29, 1.82) is 0 Å². The summed E-state index contributed by atoms with van der Waals surface area (Å²) in [5, 5.41) is 2.68. The van der Waals surface area contributed by atoms with Gasteiger partial charge in [0, 0.05) is 21.0 Å². The molecule has 130 valence electrons. The average molecular weight is 427 g/mol. The highest BCUT2D eigenvalue weighted by atomic mass is 79.9. The van der Waals surface area contributed by atoms with Crippen LogP contribution in [-0.2, 0) is 11.3 Å². The number of amides is 1. The van der Waals surface area contributed by atoms with Gasteiger partial charge in [-0.15, -0.1) is 23.1 Å². The van der Waals surface area contributed by atoms with Gasteiger partial charge in [-0.3, -0.25) is 9.69 Å². The number of nitrogens with zero attached hydrogens (tertiary/aromatic N) is 2. The third kappa shape index (κ3) is 5.76. The van der Waals surface area contributed by atoms with Gasteiger partial charge in [-0.25, -0.2) is 4.99 Å². The molecule has 0 bridgehead atoms. The molecule has 0 saturated carbocycles. The molecule has 24 heavy (non-hydrogen) atoms. The summed E-state index contributed by atoms with van der Waals surface area (Å²) >= 11 is 6.59. The van der Waals surface area contributed by atoms with Crippen LogP contribution in [0.1, 0.15) is 32.1 Å². The third-order valence-corrected chi connectivity index (χ3v) is 5.43. The Labute approximate surface area is 161 Å². The van der Waals surface area contributed by atoms with E-state index in [1.807, 2.05) is 30.7 Å². The Kier molecular flexibility index (Phi) is 9.33. The SMILES string of the molecule is C=C(/N=C1\C(=C/C)C=CC(=O)N1Cc1sccc1Br)SC.CCC. The number of thioether (sulfide) groups is 1. The average Bonchev–Trinajstić information content (AvgIpc) is 2.96. The van der Waals surface area contributed by atoms with Crippen LogP contribution in [0.25, 0.3) is 0 Å². The fraction of sp³-hybridized carbons (Fsp3) is 0.333. The summed E-state index contributed by atoms with van der Waals surface area (Å²) in [6.45, 7) is 10.6. The first kappa shape index (κ1) is 20.9. The Morgan fingerprint density at radius 3 is 2.62 bits per heavy atom. The predicted molar refractivity (Wildman–Crippen MR) is 112 cm³/mol. The summed E-state index contributed by atoms with van der Waals surface area (Å²) in [5.41, 5.74) is 0.928. The first-order valence-corrected chi connectivity index (χ1v) is 10.6. The van der Waals surface area contributed by atoms with E-state index in [2.05, 4.69) is 41.3 Å². The van der Waals surface area contributed by atoms with E-state index < -0.39 is 0 Å². The van der Waals surface area contributed by atoms with Crippen molar-refractivity contribution in [2.75, 3.05) is 6.26 Å². The van der Waals surface area contributed by atoms with Crippen LogP contribution >= 0.6 is 39.0 Å². The fourth-order valence-electron chi connectivity index (χ4n) is 1.83. The van der Waals surface area contributed by atoms with E-state index >= 15 is 0 Å². The number of allylic oxidation sites excluding steroid dienone is 1. The second-order valence-corrected chi connectivity index (χ2v) is 7.67. The Morgan fingerprint density at radius 2 is 2.12 bits per heavy atom. The van der Waals surface area contributed by atoms with Crippen molar-refractivity contribution in [2.24, 2.45) is 4.99 Å². The van der Waals surface area contributed by atoms with Crippen LogP contribution in [0.15, 0.2) is 56.3 Å². The third-order valence-electron chi connectivity index (χ3n) is 2.96. The predicted octanol–water partition coefficient (Wildman–Crippen LogP) is 6.00. The van der Waals surface area contributed by atoms with Crippen molar-refractivity contribution < 1.29 is 4.79 Å². The van der Waals surface area contributed by atoms with Crippen molar-refractivity contribution in [3.63, 3.8) is 0 Å². The summed E-state index contributed by atoms with van der Waals surface area (Å²) in [4.78, 5) is 19.5. The Bertz CT molecular complexity index is 674. The van der Waals surface area contributed by atoms with Crippen molar-refractivity contribution in [2.45, 2.75) is 33.7 Å². The maximum atomic E-state index is 12.3. The van der Waals surface area contributed by atoms with Crippen molar-refractivity contribution in [3.05, 3.63) is 56.2 Å². The fourth-order valence-corrected chi connectivity index (χ4v) is 3.48. The highest BCUT2D eigenvalue weighted by Crippen LogP contribution is 2.27. The number of rotatable bonds is 4. The van der Waals surface area contributed by atoms with E-state index in [1.165, 1.54) is 18.2 Å². The van der Waals surface area contributed by atoms with Gasteiger partial charge in [0.05, 0.1) is 11.6 Å². The van der Waals surface area contributed by atoms with Gasteiger partial charge in [0.15, 0.2) is 0 Å². The Hall–Kier alpha value is -1.11. The second-order valence-electron chi connectivity index (χ2n) is 4.93. The van der Waals surface area contributed by atoms with E-state index in [4.69, 9.17) is 0 Å². The van der Waals surface area contributed by atoms with Gasteiger partial charge in [-0.1, -0.05) is 32.9 Å². The summed E-state index contributed by atoms with van der Waals surface area (Å²) in [6.07, 6.45) is 8.50. The Balaban J connectivity index is 0.000000891. The number of carbonyl (C=O) groups excluding carboxylic acids is 1. The lowest BCUT2D eigenvalue weighted by Gasteiger charge is -2.26. The molecule has 1 aliphatic rings. The van der Waals surface area contributed by atoms with Gasteiger partial charge in [0.1, 0.15) is 5.84 Å². The summed E-state index contributed by atoms with van der Waals surface area (Å²) in [5.74, 6) is 0.596. The first-order valence-electron chi connectivity index (χ1n) is 7.68. The molecular weight excluding hydrogens is 404 g/mol. The molecule has 6 heteroatoms. The summed E-state index contributed by atoms with van der Waals surface area (Å²) < 4.78 is 1.01. The molecule has 3 nitrogen and oxygen atoms in total. The number of carbonyl (C=O) groups is 1. The van der Waals surface area contributed by atoms with E-state index in [-0.39, 0.29) is 5.91 Å². The number of hydrogen-bond donors (Lipinski definition) is 0. The topological polar surface area (TPSA) is 32.7 Å². The quantitative estimate of drug-likeness (QED) is 0.590. The van der Waals surface area contributed by atoms with Gasteiger partial charge in [0.25, 0.3) is 5.91 Å². The Morgan fingerprint density at radius 1 is 1.46 bits per heavy atom. The van der Waals surface area contributed by atoms with E-state index in [0.29, 0.717) is 17.4 Å². The van der Waals surface area contributed by atoms with Crippen LogP contribution in [-0.4, -0.2) is 22.9 Å². The number of halogens is 1. The van der Waals surface area contributed by atoms with Crippen molar-refractivity contribution in [1.82, 2.24) is 4.90 Å². The smallest absolute Gasteiger partial charge is 0.252 e. The lowest BCUT2D eigenvalue weighted by Crippen LogP contribution is -2.38. The molecule has 0 atom stereocenters. The zero-order valence-corrected chi connectivity index (χ0v) is 17.7. The first-order chi connectivity index (χ1) is 11.5. The molecule has 1 amide bonds. The maximum Gasteiger partial charge on any atom is 0.252 e. The van der Waals surface area contributed by atoms with Crippen LogP contribution in [0.2, 0.25) is 0 Å². The molecule has 0 N–H and O–H groups in total. The molecule has 1 aromatic rings. The minimum Gasteiger partial charge on any atom is -0.287 e. The molecule has 1 aliphatic heterocycles. The number of thiophene rings is 1. The van der Waals surface area contributed by atoms with Crippen molar-refractivity contribution in [3.8, 4) is 0 Å². The molecule has 0 spiro atoms. The van der Waals surface area contributed by atoms with Crippen LogP contribution in [0.3, 0.4) is 0 Å². The van der Waals surface area contributed by atoms with E-state index in [1.54, 1.807) is 28.4 Å².